The van der Waals surface area contributed by atoms with Gasteiger partial charge < -0.3 is 10.6 Å². The largest absolute Gasteiger partial charge is 0.385 e. The molecule has 1 aromatic carbocycles. The number of rotatable bonds is 4. The van der Waals surface area contributed by atoms with Crippen molar-refractivity contribution in [3.63, 3.8) is 0 Å². The molecule has 1 saturated carbocycles. The Hall–Kier alpha value is -1.02. The summed E-state index contributed by atoms with van der Waals surface area (Å²) in [7, 11) is 0. The first-order valence-electron chi connectivity index (χ1n) is 7.92. The van der Waals surface area contributed by atoms with E-state index < -0.39 is 0 Å². The molecule has 2 aliphatic rings. The minimum Gasteiger partial charge on any atom is -0.385 e. The molecule has 0 radical (unpaired) electrons. The van der Waals surface area contributed by atoms with Gasteiger partial charge in [0.1, 0.15) is 0 Å². The smallest absolute Gasteiger partial charge is 0.0418 e. The summed E-state index contributed by atoms with van der Waals surface area (Å²) in [6.07, 6.45) is 8.19. The number of fused-ring (bicyclic) bond motifs is 1. The van der Waals surface area contributed by atoms with Crippen LogP contribution >= 0.6 is 0 Å². The molecule has 0 unspecified atom stereocenters. The van der Waals surface area contributed by atoms with Gasteiger partial charge in [0.15, 0.2) is 0 Å². The third-order valence-corrected chi connectivity index (χ3v) is 4.88. The molecule has 1 aromatic rings. The molecule has 0 spiro atoms. The molecule has 1 aliphatic carbocycles. The minimum atomic E-state index is 0.655. The fourth-order valence-corrected chi connectivity index (χ4v) is 3.62. The highest BCUT2D eigenvalue weighted by atomic mass is 14.9. The third kappa shape index (κ3) is 2.94. The highest BCUT2D eigenvalue weighted by Crippen LogP contribution is 2.29. The monoisotopic (exact) mass is 258 g/mol. The highest BCUT2D eigenvalue weighted by molar-refractivity contribution is 5.59. The van der Waals surface area contributed by atoms with Gasteiger partial charge in [0.25, 0.3) is 0 Å². The number of benzene rings is 1. The topological polar surface area (TPSA) is 24.1 Å². The molecular formula is C17H26N2. The van der Waals surface area contributed by atoms with Crippen molar-refractivity contribution in [2.75, 3.05) is 11.9 Å². The molecule has 0 aromatic heterocycles. The lowest BCUT2D eigenvalue weighted by molar-refractivity contribution is 0.380. The summed E-state index contributed by atoms with van der Waals surface area (Å²) < 4.78 is 0. The fourth-order valence-electron chi connectivity index (χ4n) is 3.62. The van der Waals surface area contributed by atoms with Gasteiger partial charge in [-0.25, -0.2) is 0 Å². The first kappa shape index (κ1) is 13.0. The molecule has 2 nitrogen and oxygen atoms in total. The highest BCUT2D eigenvalue weighted by Gasteiger charge is 2.21. The Bertz CT molecular complexity index is 421. The SMILES string of the molecule is C[C@H](NCc1cccc2c1NCCC2)C1CCCC1. The van der Waals surface area contributed by atoms with Crippen LogP contribution in [-0.4, -0.2) is 12.6 Å². The van der Waals surface area contributed by atoms with Crippen LogP contribution in [0.25, 0.3) is 0 Å². The van der Waals surface area contributed by atoms with Gasteiger partial charge in [0.05, 0.1) is 0 Å². The molecule has 1 heterocycles. The number of anilines is 1. The second-order valence-electron chi connectivity index (χ2n) is 6.20. The predicted molar refractivity (Wildman–Crippen MR) is 81.5 cm³/mol. The van der Waals surface area contributed by atoms with Crippen LogP contribution < -0.4 is 10.6 Å². The van der Waals surface area contributed by atoms with E-state index in [9.17, 15) is 0 Å². The molecule has 0 bridgehead atoms. The summed E-state index contributed by atoms with van der Waals surface area (Å²) in [5.74, 6) is 0.896. The van der Waals surface area contributed by atoms with E-state index in [1.165, 1.54) is 55.3 Å². The Morgan fingerprint density at radius 3 is 2.95 bits per heavy atom. The van der Waals surface area contributed by atoms with Gasteiger partial charge in [0, 0.05) is 24.8 Å². The van der Waals surface area contributed by atoms with E-state index in [1.807, 2.05) is 0 Å². The average Bonchev–Trinajstić information content (AvgIpc) is 2.99. The lowest BCUT2D eigenvalue weighted by Gasteiger charge is -2.24. The van der Waals surface area contributed by atoms with Crippen molar-refractivity contribution < 1.29 is 0 Å². The first-order chi connectivity index (χ1) is 9.34. The molecule has 19 heavy (non-hydrogen) atoms. The molecular weight excluding hydrogens is 232 g/mol. The molecule has 2 N–H and O–H groups in total. The van der Waals surface area contributed by atoms with Crippen LogP contribution in [0.3, 0.4) is 0 Å². The quantitative estimate of drug-likeness (QED) is 0.860. The summed E-state index contributed by atoms with van der Waals surface area (Å²) in [5.41, 5.74) is 4.35. The zero-order valence-electron chi connectivity index (χ0n) is 12.0. The predicted octanol–water partition coefficient (Wildman–Crippen LogP) is 3.71. The fraction of sp³-hybridized carbons (Fsp3) is 0.647. The van der Waals surface area contributed by atoms with Gasteiger partial charge in [0.2, 0.25) is 0 Å². The normalized spacial score (nSPS) is 20.9. The van der Waals surface area contributed by atoms with Crippen molar-refractivity contribution >= 4 is 5.69 Å². The molecule has 1 fully saturated rings. The van der Waals surface area contributed by atoms with Gasteiger partial charge in [-0.3, -0.25) is 0 Å². The first-order valence-corrected chi connectivity index (χ1v) is 7.92. The Morgan fingerprint density at radius 1 is 1.26 bits per heavy atom. The third-order valence-electron chi connectivity index (χ3n) is 4.88. The van der Waals surface area contributed by atoms with Crippen LogP contribution in [0.1, 0.15) is 50.2 Å². The Balaban J connectivity index is 1.63. The molecule has 104 valence electrons. The number of aryl methyl sites for hydroxylation is 1. The minimum absolute atomic E-state index is 0.655. The van der Waals surface area contributed by atoms with Crippen LogP contribution in [0, 0.1) is 5.92 Å². The van der Waals surface area contributed by atoms with Gasteiger partial charge >= 0.3 is 0 Å². The average molecular weight is 258 g/mol. The van der Waals surface area contributed by atoms with Crippen molar-refractivity contribution in [1.82, 2.24) is 5.32 Å². The number of hydrogen-bond donors (Lipinski definition) is 2. The summed E-state index contributed by atoms with van der Waals surface area (Å²) in [6, 6.07) is 7.40. The van der Waals surface area contributed by atoms with Crippen molar-refractivity contribution in [3.05, 3.63) is 29.3 Å². The summed E-state index contributed by atoms with van der Waals surface area (Å²) in [4.78, 5) is 0. The summed E-state index contributed by atoms with van der Waals surface area (Å²) in [6.45, 7) is 4.49. The summed E-state index contributed by atoms with van der Waals surface area (Å²) >= 11 is 0. The van der Waals surface area contributed by atoms with Gasteiger partial charge in [-0.1, -0.05) is 31.0 Å². The second-order valence-corrected chi connectivity index (χ2v) is 6.20. The standard InChI is InChI=1S/C17H26N2/c1-13(14-6-2-3-7-14)19-12-16-9-4-8-15-10-5-11-18-17(15)16/h4,8-9,13-14,18-19H,2-3,5-7,10-12H2,1H3/t13-/m0/s1. The van der Waals surface area contributed by atoms with Crippen LogP contribution in [0.15, 0.2) is 18.2 Å². The zero-order chi connectivity index (χ0) is 13.1. The van der Waals surface area contributed by atoms with Crippen molar-refractivity contribution in [3.8, 4) is 0 Å². The lowest BCUT2D eigenvalue weighted by atomic mass is 9.97. The molecule has 0 amide bonds. The molecule has 2 heteroatoms. The van der Waals surface area contributed by atoms with Gasteiger partial charge in [-0.2, -0.15) is 0 Å². The van der Waals surface area contributed by atoms with E-state index in [4.69, 9.17) is 0 Å². The molecule has 0 saturated heterocycles. The van der Waals surface area contributed by atoms with Crippen molar-refractivity contribution in [2.24, 2.45) is 5.92 Å². The summed E-state index contributed by atoms with van der Waals surface area (Å²) in [5, 5.41) is 7.34. The molecule has 1 aliphatic heterocycles. The lowest BCUT2D eigenvalue weighted by Crippen LogP contribution is -2.32. The van der Waals surface area contributed by atoms with Crippen LogP contribution in [-0.2, 0) is 13.0 Å². The van der Waals surface area contributed by atoms with Crippen molar-refractivity contribution in [2.45, 2.75) is 58.0 Å². The Labute approximate surface area is 117 Å². The molecule has 1 atom stereocenters. The van der Waals surface area contributed by atoms with Crippen molar-refractivity contribution in [1.29, 1.82) is 0 Å². The maximum Gasteiger partial charge on any atom is 0.0418 e. The van der Waals surface area contributed by atoms with E-state index in [0.29, 0.717) is 6.04 Å². The Kier molecular flexibility index (Phi) is 4.07. The van der Waals surface area contributed by atoms with Crippen LogP contribution in [0.2, 0.25) is 0 Å². The van der Waals surface area contributed by atoms with Crippen LogP contribution in [0.4, 0.5) is 5.69 Å². The van der Waals surface area contributed by atoms with E-state index in [-0.39, 0.29) is 0 Å². The number of nitrogens with one attached hydrogen (secondary N) is 2. The maximum atomic E-state index is 3.75. The zero-order valence-corrected chi connectivity index (χ0v) is 12.0. The van der Waals surface area contributed by atoms with Crippen LogP contribution in [0.5, 0.6) is 0 Å². The molecule has 3 rings (SSSR count). The van der Waals surface area contributed by atoms with E-state index >= 15 is 0 Å². The van der Waals surface area contributed by atoms with E-state index in [2.05, 4.69) is 35.8 Å². The maximum absolute atomic E-state index is 3.75. The van der Waals surface area contributed by atoms with Gasteiger partial charge in [-0.15, -0.1) is 0 Å². The van der Waals surface area contributed by atoms with Gasteiger partial charge in [-0.05, 0) is 49.7 Å². The van der Waals surface area contributed by atoms with E-state index in [0.717, 1.165) is 19.0 Å². The number of hydrogen-bond acceptors (Lipinski definition) is 2. The van der Waals surface area contributed by atoms with E-state index in [1.54, 1.807) is 0 Å². The number of para-hydroxylation sites is 1. The Morgan fingerprint density at radius 2 is 2.11 bits per heavy atom. The second kappa shape index (κ2) is 5.96.